The molecule has 0 amide bonds. The lowest BCUT2D eigenvalue weighted by molar-refractivity contribution is -0.145. The maximum Gasteiger partial charge on any atom is 0.305 e. The third kappa shape index (κ3) is 21.0. The first kappa shape index (κ1) is 23.0. The van der Waals surface area contributed by atoms with Gasteiger partial charge in [0.1, 0.15) is 12.7 Å². The average molecular weight is 326 g/mol. The number of esters is 1. The number of hydrogen-bond acceptors (Lipinski definition) is 8. The van der Waals surface area contributed by atoms with Crippen molar-refractivity contribution in [2.75, 3.05) is 39.6 Å². The van der Waals surface area contributed by atoms with Gasteiger partial charge in [0.15, 0.2) is 0 Å². The van der Waals surface area contributed by atoms with Gasteiger partial charge in [0, 0.05) is 12.8 Å². The van der Waals surface area contributed by atoms with Gasteiger partial charge in [-0.05, 0) is 12.8 Å². The van der Waals surface area contributed by atoms with Crippen LogP contribution in [0.3, 0.4) is 0 Å². The van der Waals surface area contributed by atoms with Crippen molar-refractivity contribution in [1.29, 1.82) is 0 Å². The summed E-state index contributed by atoms with van der Waals surface area (Å²) >= 11 is 0. The molecule has 0 heterocycles. The molecule has 0 rings (SSSR count). The lowest BCUT2D eigenvalue weighted by atomic mass is 10.2. The molecule has 0 unspecified atom stereocenters. The van der Waals surface area contributed by atoms with Crippen LogP contribution >= 0.6 is 0 Å². The van der Waals surface area contributed by atoms with Gasteiger partial charge in [-0.25, -0.2) is 0 Å². The first-order valence-electron chi connectivity index (χ1n) is 6.93. The van der Waals surface area contributed by atoms with Crippen molar-refractivity contribution in [2.24, 2.45) is 0 Å². The molecule has 0 saturated carbocycles. The van der Waals surface area contributed by atoms with Crippen molar-refractivity contribution in [1.82, 2.24) is 0 Å². The zero-order chi connectivity index (χ0) is 17.2. The highest BCUT2D eigenvalue weighted by Gasteiger charge is 2.03. The minimum absolute atomic E-state index is 0.0524. The average Bonchev–Trinajstić information content (AvgIpc) is 2.51. The zero-order valence-electron chi connectivity index (χ0n) is 12.5. The van der Waals surface area contributed by atoms with Crippen molar-refractivity contribution in [3.8, 4) is 0 Å². The second-order valence-corrected chi connectivity index (χ2v) is 4.18. The van der Waals surface area contributed by atoms with E-state index in [1.54, 1.807) is 0 Å². The number of carboxylic acids is 1. The van der Waals surface area contributed by atoms with Gasteiger partial charge in [-0.2, -0.15) is 0 Å². The van der Waals surface area contributed by atoms with E-state index in [0.29, 0.717) is 12.8 Å². The molecule has 0 spiro atoms. The normalized spacial score (nSPS) is 10.0. The Labute approximate surface area is 129 Å². The molecule has 5 N–H and O–H groups in total. The monoisotopic (exact) mass is 326 g/mol. The van der Waals surface area contributed by atoms with Gasteiger partial charge >= 0.3 is 11.9 Å². The van der Waals surface area contributed by atoms with Crippen LogP contribution in [0.1, 0.15) is 25.7 Å². The Bertz CT molecular complexity index is 266. The second kappa shape index (κ2) is 17.8. The van der Waals surface area contributed by atoms with Crippen LogP contribution in [0.4, 0.5) is 0 Å². The van der Waals surface area contributed by atoms with Crippen LogP contribution < -0.4 is 0 Å². The van der Waals surface area contributed by atoms with Gasteiger partial charge in [-0.15, -0.1) is 0 Å². The van der Waals surface area contributed by atoms with Gasteiger partial charge in [0.2, 0.25) is 0 Å². The number of ether oxygens (including phenoxy) is 2. The molecular formula is C13H26O9. The highest BCUT2D eigenvalue weighted by atomic mass is 16.6. The highest BCUT2D eigenvalue weighted by molar-refractivity contribution is 5.69. The minimum Gasteiger partial charge on any atom is -0.481 e. The molecule has 0 saturated heterocycles. The number of carbonyl (C=O) groups is 2. The van der Waals surface area contributed by atoms with E-state index in [-0.39, 0.29) is 58.5 Å². The van der Waals surface area contributed by atoms with Crippen LogP contribution in [0.2, 0.25) is 0 Å². The largest absolute Gasteiger partial charge is 0.481 e. The van der Waals surface area contributed by atoms with E-state index < -0.39 is 12.1 Å². The Morgan fingerprint density at radius 1 is 0.909 bits per heavy atom. The van der Waals surface area contributed by atoms with Crippen LogP contribution in [0.15, 0.2) is 0 Å². The van der Waals surface area contributed by atoms with E-state index in [9.17, 15) is 9.59 Å². The molecule has 0 aromatic rings. The predicted octanol–water partition coefficient (Wildman–Crippen LogP) is -1.48. The molecule has 0 aliphatic carbocycles. The maximum atomic E-state index is 11.0. The summed E-state index contributed by atoms with van der Waals surface area (Å²) in [5.41, 5.74) is 0. The second-order valence-electron chi connectivity index (χ2n) is 4.18. The molecule has 132 valence electrons. The van der Waals surface area contributed by atoms with E-state index in [1.807, 2.05) is 0 Å². The first-order chi connectivity index (χ1) is 10.5. The molecule has 0 atom stereocenters. The maximum absolute atomic E-state index is 11.0. The zero-order valence-corrected chi connectivity index (χ0v) is 12.5. The predicted molar refractivity (Wildman–Crippen MR) is 75.1 cm³/mol. The lowest BCUT2D eigenvalue weighted by Crippen LogP contribution is -2.15. The Morgan fingerprint density at radius 3 is 1.95 bits per heavy atom. The summed E-state index contributed by atoms with van der Waals surface area (Å²) in [7, 11) is 0. The number of carbonyl (C=O) groups excluding carboxylic acids is 1. The number of carboxylic acid groups (broad SMARTS) is 1. The quantitative estimate of drug-likeness (QED) is 0.213. The molecule has 0 aromatic carbocycles. The summed E-state index contributed by atoms with van der Waals surface area (Å²) in [6.07, 6.45) is 0.346. The molecule has 9 heteroatoms. The van der Waals surface area contributed by atoms with E-state index in [4.69, 9.17) is 35.0 Å². The smallest absolute Gasteiger partial charge is 0.305 e. The molecule has 0 bridgehead atoms. The molecule has 0 aliphatic rings. The molecule has 0 aliphatic heterocycles. The third-order valence-corrected chi connectivity index (χ3v) is 2.17. The van der Waals surface area contributed by atoms with Crippen molar-refractivity contribution in [2.45, 2.75) is 31.8 Å². The van der Waals surface area contributed by atoms with Crippen LogP contribution in [0, 0.1) is 0 Å². The van der Waals surface area contributed by atoms with Gasteiger partial charge in [0.05, 0.1) is 33.0 Å². The van der Waals surface area contributed by atoms with Crippen molar-refractivity contribution in [3.63, 3.8) is 0 Å². The molecule has 22 heavy (non-hydrogen) atoms. The fraction of sp³-hybridized carbons (Fsp3) is 0.846. The summed E-state index contributed by atoms with van der Waals surface area (Å²) in [4.78, 5) is 21.2. The summed E-state index contributed by atoms with van der Waals surface area (Å²) in [5, 5.41) is 40.7. The molecule has 0 radical (unpaired) electrons. The molecule has 9 nitrogen and oxygen atoms in total. The Morgan fingerprint density at radius 2 is 1.50 bits per heavy atom. The van der Waals surface area contributed by atoms with E-state index in [1.165, 1.54) is 0 Å². The van der Waals surface area contributed by atoms with Crippen molar-refractivity contribution in [3.05, 3.63) is 0 Å². The standard InChI is InChI=1S/C10H18O6.C3H8O3/c11-5-6-15-7-8-16-10(14)4-2-1-3-9(12)13;4-1-3(6)2-5/h11H,1-8H2,(H,12,13);3-6H,1-2H2. The molecule has 0 fully saturated rings. The molecular weight excluding hydrogens is 300 g/mol. The number of rotatable bonds is 12. The van der Waals surface area contributed by atoms with Crippen LogP contribution in [-0.4, -0.2) is 83.2 Å². The SMILES string of the molecule is O=C(O)CCCCC(=O)OCCOCCO.OCC(O)CO. The Hall–Kier alpha value is -1.26. The van der Waals surface area contributed by atoms with Gasteiger partial charge in [-0.3, -0.25) is 9.59 Å². The number of aliphatic carboxylic acids is 1. The van der Waals surface area contributed by atoms with Crippen LogP contribution in [0.25, 0.3) is 0 Å². The minimum atomic E-state index is -0.954. The lowest BCUT2D eigenvalue weighted by Gasteiger charge is -2.04. The van der Waals surface area contributed by atoms with E-state index >= 15 is 0 Å². The summed E-state index contributed by atoms with van der Waals surface area (Å²) < 4.78 is 9.69. The Balaban J connectivity index is 0. The van der Waals surface area contributed by atoms with Crippen LogP contribution in [-0.2, 0) is 19.1 Å². The van der Waals surface area contributed by atoms with Gasteiger partial charge in [0.25, 0.3) is 0 Å². The Kier molecular flexibility index (Phi) is 18.6. The van der Waals surface area contributed by atoms with E-state index in [0.717, 1.165) is 0 Å². The fourth-order valence-electron chi connectivity index (χ4n) is 1.06. The van der Waals surface area contributed by atoms with Crippen molar-refractivity contribution >= 4 is 11.9 Å². The number of unbranched alkanes of at least 4 members (excludes halogenated alkanes) is 1. The third-order valence-electron chi connectivity index (χ3n) is 2.17. The van der Waals surface area contributed by atoms with E-state index in [2.05, 4.69) is 0 Å². The number of aliphatic hydroxyl groups is 4. The first-order valence-corrected chi connectivity index (χ1v) is 6.93. The topological polar surface area (TPSA) is 154 Å². The van der Waals surface area contributed by atoms with Gasteiger partial charge in [-0.1, -0.05) is 0 Å². The number of aliphatic hydroxyl groups excluding tert-OH is 4. The summed E-state index contributed by atoms with van der Waals surface area (Å²) in [6, 6.07) is 0. The van der Waals surface area contributed by atoms with Crippen LogP contribution in [0.5, 0.6) is 0 Å². The fourth-order valence-corrected chi connectivity index (χ4v) is 1.06. The summed E-state index contributed by atoms with van der Waals surface area (Å²) in [6.45, 7) is -0.120. The number of hydrogen-bond donors (Lipinski definition) is 5. The highest BCUT2D eigenvalue weighted by Crippen LogP contribution is 2.01. The van der Waals surface area contributed by atoms with Gasteiger partial charge < -0.3 is 35.0 Å². The van der Waals surface area contributed by atoms with Crippen molar-refractivity contribution < 1.29 is 44.6 Å². The molecule has 0 aromatic heterocycles. The summed E-state index contributed by atoms with van der Waals surface area (Å²) in [5.74, 6) is -1.20.